The van der Waals surface area contributed by atoms with E-state index in [1.54, 1.807) is 17.4 Å². The smallest absolute Gasteiger partial charge is 0.336 e. The number of benzene rings is 1. The summed E-state index contributed by atoms with van der Waals surface area (Å²) in [6.07, 6.45) is 0. The summed E-state index contributed by atoms with van der Waals surface area (Å²) in [4.78, 5) is 18.2. The minimum absolute atomic E-state index is 0.285. The molecule has 0 saturated carbocycles. The van der Waals surface area contributed by atoms with Crippen molar-refractivity contribution in [2.24, 2.45) is 0 Å². The summed E-state index contributed by atoms with van der Waals surface area (Å²) in [5, 5.41) is 1.01. The van der Waals surface area contributed by atoms with Crippen LogP contribution in [0.1, 0.15) is 10.4 Å². The van der Waals surface area contributed by atoms with Gasteiger partial charge in [-0.05, 0) is 51.8 Å². The van der Waals surface area contributed by atoms with Crippen LogP contribution < -0.4 is 5.63 Å². The fourth-order valence-corrected chi connectivity index (χ4v) is 5.20. The summed E-state index contributed by atoms with van der Waals surface area (Å²) in [6, 6.07) is 11.8. The van der Waals surface area contributed by atoms with E-state index in [2.05, 4.69) is 53.8 Å². The van der Waals surface area contributed by atoms with E-state index in [0.717, 1.165) is 54.7 Å². The fourth-order valence-electron chi connectivity index (χ4n) is 3.34. The summed E-state index contributed by atoms with van der Waals surface area (Å²) >= 11 is 8.77. The van der Waals surface area contributed by atoms with Crippen LogP contribution in [-0.2, 0) is 13.1 Å². The third-order valence-electron chi connectivity index (χ3n) is 4.66. The van der Waals surface area contributed by atoms with Gasteiger partial charge in [0.15, 0.2) is 0 Å². The molecule has 7 heteroatoms. The van der Waals surface area contributed by atoms with E-state index < -0.39 is 0 Å². The first-order chi connectivity index (χ1) is 12.6. The zero-order chi connectivity index (χ0) is 18.1. The first-order valence-electron chi connectivity index (χ1n) is 8.48. The Morgan fingerprint density at radius 3 is 2.38 bits per heavy atom. The maximum atomic E-state index is 11.9. The zero-order valence-corrected chi connectivity index (χ0v) is 18.1. The van der Waals surface area contributed by atoms with E-state index in [-0.39, 0.29) is 5.63 Å². The van der Waals surface area contributed by atoms with Gasteiger partial charge in [0.25, 0.3) is 0 Å². The minimum Gasteiger partial charge on any atom is -0.423 e. The van der Waals surface area contributed by atoms with Crippen molar-refractivity contribution in [3.8, 4) is 0 Å². The fraction of sp³-hybridized carbons (Fsp3) is 0.316. The maximum absolute atomic E-state index is 11.9. The number of piperazine rings is 1. The third-order valence-corrected chi connectivity index (χ3v) is 6.76. The van der Waals surface area contributed by atoms with Crippen molar-refractivity contribution in [3.63, 3.8) is 0 Å². The number of fused-ring (bicyclic) bond motifs is 1. The topological polar surface area (TPSA) is 36.7 Å². The van der Waals surface area contributed by atoms with Gasteiger partial charge < -0.3 is 4.42 Å². The molecule has 0 N–H and O–H groups in total. The Morgan fingerprint density at radius 1 is 0.962 bits per heavy atom. The molecule has 1 aliphatic heterocycles. The normalized spacial score (nSPS) is 16.4. The lowest BCUT2D eigenvalue weighted by atomic mass is 10.1. The van der Waals surface area contributed by atoms with Gasteiger partial charge in [-0.1, -0.05) is 15.9 Å². The number of rotatable bonds is 4. The van der Waals surface area contributed by atoms with Gasteiger partial charge in [-0.3, -0.25) is 9.80 Å². The van der Waals surface area contributed by atoms with E-state index in [9.17, 15) is 4.79 Å². The first-order valence-corrected chi connectivity index (χ1v) is 10.9. The molecular weight excluding hydrogens is 480 g/mol. The predicted octanol–water partition coefficient (Wildman–Crippen LogP) is 4.70. The Balaban J connectivity index is 1.43. The summed E-state index contributed by atoms with van der Waals surface area (Å²) < 4.78 is 7.45. The molecule has 1 fully saturated rings. The first kappa shape index (κ1) is 18.4. The average molecular weight is 498 g/mol. The Morgan fingerprint density at radius 2 is 1.69 bits per heavy atom. The lowest BCUT2D eigenvalue weighted by Gasteiger charge is -2.34. The van der Waals surface area contributed by atoms with Crippen LogP contribution in [0.2, 0.25) is 0 Å². The van der Waals surface area contributed by atoms with Crippen molar-refractivity contribution in [1.82, 2.24) is 9.80 Å². The van der Waals surface area contributed by atoms with E-state index >= 15 is 0 Å². The molecule has 1 aromatic carbocycles. The van der Waals surface area contributed by atoms with Crippen molar-refractivity contribution >= 4 is 54.2 Å². The van der Waals surface area contributed by atoms with E-state index in [1.807, 2.05) is 18.2 Å². The molecule has 1 saturated heterocycles. The summed E-state index contributed by atoms with van der Waals surface area (Å²) in [6.45, 7) is 5.88. The van der Waals surface area contributed by atoms with Crippen LogP contribution in [0.3, 0.4) is 0 Å². The van der Waals surface area contributed by atoms with Gasteiger partial charge in [0.2, 0.25) is 0 Å². The molecule has 26 heavy (non-hydrogen) atoms. The van der Waals surface area contributed by atoms with E-state index in [0.29, 0.717) is 5.58 Å². The number of nitrogens with zero attached hydrogens (tertiary/aromatic N) is 2. The lowest BCUT2D eigenvalue weighted by molar-refractivity contribution is 0.123. The molecule has 1 aliphatic rings. The second-order valence-corrected chi connectivity index (χ2v) is 9.95. The minimum atomic E-state index is -0.285. The van der Waals surface area contributed by atoms with Crippen molar-refractivity contribution in [2.75, 3.05) is 26.2 Å². The highest BCUT2D eigenvalue weighted by molar-refractivity contribution is 9.11. The number of halogens is 2. The van der Waals surface area contributed by atoms with Crippen molar-refractivity contribution in [2.45, 2.75) is 13.1 Å². The molecule has 4 nitrogen and oxygen atoms in total. The van der Waals surface area contributed by atoms with Gasteiger partial charge in [-0.25, -0.2) is 4.79 Å². The maximum Gasteiger partial charge on any atom is 0.336 e. The molecule has 0 amide bonds. The average Bonchev–Trinajstić information content (AvgIpc) is 3.01. The van der Waals surface area contributed by atoms with E-state index in [1.165, 1.54) is 8.66 Å². The highest BCUT2D eigenvalue weighted by Crippen LogP contribution is 2.25. The largest absolute Gasteiger partial charge is 0.423 e. The van der Waals surface area contributed by atoms with Crippen molar-refractivity contribution in [1.29, 1.82) is 0 Å². The lowest BCUT2D eigenvalue weighted by Crippen LogP contribution is -2.45. The van der Waals surface area contributed by atoms with Crippen LogP contribution >= 0.6 is 43.2 Å². The SMILES string of the molecule is O=c1cc(CN2CCN(Cc3ccc(Br)s3)CC2)c2ccc(Br)cc2o1. The molecule has 0 atom stereocenters. The highest BCUT2D eigenvalue weighted by Gasteiger charge is 2.19. The molecule has 4 rings (SSSR count). The van der Waals surface area contributed by atoms with Crippen LogP contribution in [0.4, 0.5) is 0 Å². The molecule has 0 spiro atoms. The Hall–Kier alpha value is -0.990. The quantitative estimate of drug-likeness (QED) is 0.489. The molecule has 0 aliphatic carbocycles. The third kappa shape index (κ3) is 4.28. The Labute approximate surface area is 172 Å². The molecular formula is C19H18Br2N2O2S. The zero-order valence-electron chi connectivity index (χ0n) is 14.1. The summed E-state index contributed by atoms with van der Waals surface area (Å²) in [7, 11) is 0. The van der Waals surface area contributed by atoms with Gasteiger partial charge in [0, 0.05) is 60.1 Å². The molecule has 0 bridgehead atoms. The van der Waals surface area contributed by atoms with Gasteiger partial charge in [-0.2, -0.15) is 0 Å². The molecule has 3 aromatic rings. The second kappa shape index (κ2) is 7.94. The molecule has 2 aromatic heterocycles. The Bertz CT molecular complexity index is 977. The van der Waals surface area contributed by atoms with Crippen LogP contribution in [0, 0.1) is 0 Å². The number of thiophene rings is 1. The van der Waals surface area contributed by atoms with Gasteiger partial charge in [-0.15, -0.1) is 11.3 Å². The Kier molecular flexibility index (Phi) is 5.61. The van der Waals surface area contributed by atoms with Crippen LogP contribution in [-0.4, -0.2) is 36.0 Å². The molecule has 136 valence electrons. The van der Waals surface area contributed by atoms with Crippen LogP contribution in [0.5, 0.6) is 0 Å². The molecule has 3 heterocycles. The van der Waals surface area contributed by atoms with Gasteiger partial charge in [0.05, 0.1) is 3.79 Å². The van der Waals surface area contributed by atoms with Gasteiger partial charge in [0.1, 0.15) is 5.58 Å². The monoisotopic (exact) mass is 496 g/mol. The number of hydrogen-bond acceptors (Lipinski definition) is 5. The van der Waals surface area contributed by atoms with Crippen LogP contribution in [0.25, 0.3) is 11.0 Å². The summed E-state index contributed by atoms with van der Waals surface area (Å²) in [5.74, 6) is 0. The van der Waals surface area contributed by atoms with Crippen LogP contribution in [0.15, 0.2) is 53.9 Å². The predicted molar refractivity (Wildman–Crippen MR) is 113 cm³/mol. The second-order valence-electron chi connectivity index (χ2n) is 6.49. The highest BCUT2D eigenvalue weighted by atomic mass is 79.9. The molecule has 0 radical (unpaired) electrons. The van der Waals surface area contributed by atoms with Crippen molar-refractivity contribution in [3.05, 3.63) is 65.5 Å². The van der Waals surface area contributed by atoms with Gasteiger partial charge >= 0.3 is 5.63 Å². The van der Waals surface area contributed by atoms with E-state index in [4.69, 9.17) is 4.42 Å². The number of hydrogen-bond donors (Lipinski definition) is 0. The molecule has 0 unspecified atom stereocenters. The van der Waals surface area contributed by atoms with Crippen molar-refractivity contribution < 1.29 is 4.42 Å². The standard InChI is InChI=1S/C19H18Br2N2O2S/c20-14-1-3-16-13(9-19(24)25-17(16)10-14)11-22-5-7-23(8-6-22)12-15-2-4-18(21)26-15/h1-4,9-10H,5-8,11-12H2. The summed E-state index contributed by atoms with van der Waals surface area (Å²) in [5.41, 5.74) is 1.40.